The highest BCUT2D eigenvalue weighted by atomic mass is 79.9. The lowest BCUT2D eigenvalue weighted by atomic mass is 10.1. The topological polar surface area (TPSA) is 36.5 Å². The Hall–Kier alpha value is -1.68. The zero-order chi connectivity index (χ0) is 13.0. The van der Waals surface area contributed by atoms with Crippen LogP contribution in [-0.2, 0) is 6.54 Å². The van der Waals surface area contributed by atoms with E-state index in [2.05, 4.69) is 40.9 Å². The lowest BCUT2D eigenvalue weighted by Crippen LogP contribution is -3.00. The average Bonchev–Trinajstić information content (AvgIpc) is 2.41. The minimum absolute atomic E-state index is 0. The van der Waals surface area contributed by atoms with Gasteiger partial charge in [0.2, 0.25) is 0 Å². The fraction of sp³-hybridized carbons (Fsp3) is 0.200. The first-order chi connectivity index (χ1) is 8.69. The van der Waals surface area contributed by atoms with Gasteiger partial charge in [-0.1, -0.05) is 35.0 Å². The minimum Gasteiger partial charge on any atom is -1.00 e. The summed E-state index contributed by atoms with van der Waals surface area (Å²) in [7, 11) is 0. The van der Waals surface area contributed by atoms with Crippen LogP contribution < -0.4 is 21.5 Å². The van der Waals surface area contributed by atoms with Crippen molar-refractivity contribution in [1.82, 2.24) is 0 Å². The third-order valence-electron chi connectivity index (χ3n) is 2.91. The highest BCUT2D eigenvalue weighted by Crippen LogP contribution is 2.03. The van der Waals surface area contributed by atoms with Crippen molar-refractivity contribution in [1.29, 1.82) is 0 Å². The molecule has 0 aliphatic rings. The van der Waals surface area contributed by atoms with Crippen LogP contribution in [0.4, 0.5) is 0 Å². The lowest BCUT2D eigenvalue weighted by molar-refractivity contribution is -0.688. The van der Waals surface area contributed by atoms with Crippen LogP contribution in [0.1, 0.15) is 23.6 Å². The molecule has 0 radical (unpaired) electrons. The van der Waals surface area contributed by atoms with Gasteiger partial charge in [0.05, 0.1) is 11.3 Å². The minimum atomic E-state index is 0. The summed E-state index contributed by atoms with van der Waals surface area (Å²) >= 11 is 0. The Balaban J connectivity index is 0.00000180. The number of hydrogen-bond donors (Lipinski definition) is 1. The highest BCUT2D eigenvalue weighted by molar-refractivity contribution is 5.97. The molecule has 0 aliphatic carbocycles. The van der Waals surface area contributed by atoms with Crippen LogP contribution in [-0.4, -0.2) is 10.9 Å². The summed E-state index contributed by atoms with van der Waals surface area (Å²) in [6, 6.07) is 12.4. The SMILES string of the molecule is C/C(=N\O)c1ccc[n+](Cc2ccc(C)cc2)c1.[Br-]. The van der Waals surface area contributed by atoms with Gasteiger partial charge >= 0.3 is 0 Å². The predicted octanol–water partition coefficient (Wildman–Crippen LogP) is -0.467. The van der Waals surface area contributed by atoms with Crippen molar-refractivity contribution in [3.8, 4) is 0 Å². The van der Waals surface area contributed by atoms with Crippen molar-refractivity contribution >= 4 is 5.71 Å². The molecule has 1 aromatic heterocycles. The third kappa shape index (κ3) is 4.17. The molecule has 2 rings (SSSR count). The normalized spacial score (nSPS) is 10.9. The number of oxime groups is 1. The first-order valence-corrected chi connectivity index (χ1v) is 5.93. The van der Waals surface area contributed by atoms with Crippen molar-refractivity contribution in [3.63, 3.8) is 0 Å². The largest absolute Gasteiger partial charge is 1.00 e. The van der Waals surface area contributed by atoms with Gasteiger partial charge in [-0.25, -0.2) is 4.57 Å². The van der Waals surface area contributed by atoms with Gasteiger partial charge < -0.3 is 22.2 Å². The highest BCUT2D eigenvalue weighted by Gasteiger charge is 2.06. The Labute approximate surface area is 124 Å². The van der Waals surface area contributed by atoms with Gasteiger partial charge in [-0.05, 0) is 19.9 Å². The Morgan fingerprint density at radius 3 is 2.53 bits per heavy atom. The van der Waals surface area contributed by atoms with Crippen LogP contribution in [0.2, 0.25) is 0 Å². The molecule has 4 heteroatoms. The monoisotopic (exact) mass is 320 g/mol. The van der Waals surface area contributed by atoms with E-state index in [0.29, 0.717) is 5.71 Å². The molecule has 2 aromatic rings. The number of hydrogen-bond acceptors (Lipinski definition) is 2. The molecule has 1 aromatic carbocycles. The number of pyridine rings is 1. The Bertz CT molecular complexity index is 565. The second-order valence-electron chi connectivity index (χ2n) is 4.44. The molecule has 0 amide bonds. The summed E-state index contributed by atoms with van der Waals surface area (Å²) in [6.07, 6.45) is 3.99. The second-order valence-corrected chi connectivity index (χ2v) is 4.44. The molecule has 0 aliphatic heterocycles. The quantitative estimate of drug-likeness (QED) is 0.353. The van der Waals surface area contributed by atoms with Crippen molar-refractivity contribution in [3.05, 3.63) is 65.5 Å². The van der Waals surface area contributed by atoms with Gasteiger partial charge in [0.1, 0.15) is 0 Å². The number of aromatic nitrogens is 1. The van der Waals surface area contributed by atoms with E-state index in [4.69, 9.17) is 5.21 Å². The average molecular weight is 321 g/mol. The van der Waals surface area contributed by atoms with Crippen LogP contribution in [0.5, 0.6) is 0 Å². The van der Waals surface area contributed by atoms with Crippen LogP contribution >= 0.6 is 0 Å². The lowest BCUT2D eigenvalue weighted by Gasteiger charge is -2.01. The van der Waals surface area contributed by atoms with E-state index in [1.165, 1.54) is 11.1 Å². The van der Waals surface area contributed by atoms with Crippen LogP contribution in [0.25, 0.3) is 0 Å². The first kappa shape index (κ1) is 15.4. The maximum atomic E-state index is 8.78. The molecule has 0 unspecified atom stereocenters. The van der Waals surface area contributed by atoms with Crippen molar-refractivity contribution in [2.45, 2.75) is 20.4 Å². The standard InChI is InChI=1S/C15H16N2O.BrH/c1-12-5-7-14(8-6-12)10-17-9-3-4-15(11-17)13(2)16-18;/h3-9,11H,10H2,1-2H3;1H/b16-13+;. The second kappa shape index (κ2) is 7.04. The van der Waals surface area contributed by atoms with Crippen molar-refractivity contribution < 1.29 is 26.8 Å². The van der Waals surface area contributed by atoms with Crippen molar-refractivity contribution in [2.24, 2.45) is 5.16 Å². The number of rotatable bonds is 3. The maximum absolute atomic E-state index is 8.78. The summed E-state index contributed by atoms with van der Waals surface area (Å²) in [6.45, 7) is 4.68. The Morgan fingerprint density at radius 2 is 1.89 bits per heavy atom. The van der Waals surface area contributed by atoms with E-state index >= 15 is 0 Å². The molecule has 0 bridgehead atoms. The van der Waals surface area contributed by atoms with E-state index in [-0.39, 0.29) is 17.0 Å². The summed E-state index contributed by atoms with van der Waals surface area (Å²) < 4.78 is 2.08. The maximum Gasteiger partial charge on any atom is 0.178 e. The van der Waals surface area contributed by atoms with E-state index in [9.17, 15) is 0 Å². The zero-order valence-electron chi connectivity index (χ0n) is 11.0. The molecule has 0 saturated heterocycles. The van der Waals surface area contributed by atoms with Crippen molar-refractivity contribution in [2.75, 3.05) is 0 Å². The van der Waals surface area contributed by atoms with Gasteiger partial charge in [-0.3, -0.25) is 0 Å². The summed E-state index contributed by atoms with van der Waals surface area (Å²) in [5, 5.41) is 12.0. The van der Waals surface area contributed by atoms with Gasteiger partial charge in [0.25, 0.3) is 0 Å². The molecule has 0 saturated carbocycles. The van der Waals surface area contributed by atoms with Gasteiger partial charge in [-0.2, -0.15) is 0 Å². The molecule has 1 N–H and O–H groups in total. The molecular weight excluding hydrogens is 304 g/mol. The smallest absolute Gasteiger partial charge is 0.178 e. The van der Waals surface area contributed by atoms with Gasteiger partial charge in [0, 0.05) is 11.6 Å². The van der Waals surface area contributed by atoms with E-state index in [0.717, 1.165) is 12.1 Å². The molecule has 3 nitrogen and oxygen atoms in total. The molecule has 100 valence electrons. The third-order valence-corrected chi connectivity index (χ3v) is 2.91. The fourth-order valence-corrected chi connectivity index (χ4v) is 1.80. The summed E-state index contributed by atoms with van der Waals surface area (Å²) in [5.41, 5.74) is 4.06. The molecule has 0 spiro atoms. The van der Waals surface area contributed by atoms with Gasteiger partial charge in [0.15, 0.2) is 18.9 Å². The number of aryl methyl sites for hydroxylation is 1. The van der Waals surface area contributed by atoms with E-state index < -0.39 is 0 Å². The molecule has 0 fully saturated rings. The van der Waals surface area contributed by atoms with Crippen LogP contribution in [0.15, 0.2) is 53.9 Å². The fourth-order valence-electron chi connectivity index (χ4n) is 1.80. The molecule has 19 heavy (non-hydrogen) atoms. The Morgan fingerprint density at radius 1 is 1.21 bits per heavy atom. The van der Waals surface area contributed by atoms with Crippen LogP contribution in [0.3, 0.4) is 0 Å². The predicted molar refractivity (Wildman–Crippen MR) is 70.9 cm³/mol. The Kier molecular flexibility index (Phi) is 5.70. The van der Waals surface area contributed by atoms with Gasteiger partial charge in [-0.15, -0.1) is 0 Å². The van der Waals surface area contributed by atoms with E-state index in [1.54, 1.807) is 6.92 Å². The molecule has 0 atom stereocenters. The summed E-state index contributed by atoms with van der Waals surface area (Å²) in [4.78, 5) is 0. The number of nitrogens with zero attached hydrogens (tertiary/aromatic N) is 2. The zero-order valence-corrected chi connectivity index (χ0v) is 12.6. The molecular formula is C15H17BrN2O. The molecule has 1 heterocycles. The van der Waals surface area contributed by atoms with E-state index in [1.807, 2.05) is 24.5 Å². The number of benzene rings is 1. The number of halogens is 1. The van der Waals surface area contributed by atoms with Crippen LogP contribution in [0, 0.1) is 6.92 Å². The summed E-state index contributed by atoms with van der Waals surface area (Å²) in [5.74, 6) is 0. The first-order valence-electron chi connectivity index (χ1n) is 5.93.